The van der Waals surface area contributed by atoms with E-state index in [0.29, 0.717) is 24.6 Å². The van der Waals surface area contributed by atoms with Crippen LogP contribution in [0.2, 0.25) is 0 Å². The third-order valence-electron chi connectivity index (χ3n) is 2.96. The Balaban J connectivity index is 0.000000550. The number of carbonyl (C=O) groups excluding carboxylic acids is 2. The van der Waals surface area contributed by atoms with E-state index in [1.165, 1.54) is 11.1 Å². The summed E-state index contributed by atoms with van der Waals surface area (Å²) in [6.45, 7) is 4.25. The number of aryl methyl sites for hydroxylation is 1. The highest BCUT2D eigenvalue weighted by molar-refractivity contribution is 7.91. The SMILES string of the molecule is Cc1ccc(CN2CCS(=O)(=O)CC2)cc1.O=C=O. The van der Waals surface area contributed by atoms with Crippen LogP contribution in [-0.4, -0.2) is 44.1 Å². The van der Waals surface area contributed by atoms with Gasteiger partial charge in [-0.15, -0.1) is 0 Å². The van der Waals surface area contributed by atoms with E-state index < -0.39 is 9.84 Å². The summed E-state index contributed by atoms with van der Waals surface area (Å²) in [6.07, 6.45) is 0.250. The van der Waals surface area contributed by atoms with Gasteiger partial charge in [0.2, 0.25) is 0 Å². The fourth-order valence-electron chi connectivity index (χ4n) is 1.86. The van der Waals surface area contributed by atoms with Crippen LogP contribution in [0.25, 0.3) is 0 Å². The number of hydrogen-bond donors (Lipinski definition) is 0. The molecular weight excluding hydrogens is 266 g/mol. The van der Waals surface area contributed by atoms with Gasteiger partial charge in [-0.1, -0.05) is 29.8 Å². The smallest absolute Gasteiger partial charge is 0.297 e. The Morgan fingerprint density at radius 2 is 1.58 bits per heavy atom. The first-order valence-electron chi connectivity index (χ1n) is 5.94. The maximum Gasteiger partial charge on any atom is 0.373 e. The second-order valence-electron chi connectivity index (χ2n) is 4.50. The van der Waals surface area contributed by atoms with E-state index >= 15 is 0 Å². The van der Waals surface area contributed by atoms with Gasteiger partial charge >= 0.3 is 6.15 Å². The van der Waals surface area contributed by atoms with Gasteiger partial charge in [0.1, 0.15) is 0 Å². The first-order chi connectivity index (χ1) is 8.96. The Morgan fingerprint density at radius 3 is 2.05 bits per heavy atom. The summed E-state index contributed by atoms with van der Waals surface area (Å²) in [6, 6.07) is 8.41. The molecule has 1 aromatic rings. The molecule has 0 aromatic heterocycles. The van der Waals surface area contributed by atoms with Crippen molar-refractivity contribution in [3.05, 3.63) is 35.4 Å². The number of benzene rings is 1. The van der Waals surface area contributed by atoms with E-state index in [-0.39, 0.29) is 6.15 Å². The topological polar surface area (TPSA) is 71.5 Å². The summed E-state index contributed by atoms with van der Waals surface area (Å²) >= 11 is 0. The summed E-state index contributed by atoms with van der Waals surface area (Å²) < 4.78 is 22.5. The number of nitrogens with zero attached hydrogens (tertiary/aromatic N) is 1. The predicted molar refractivity (Wildman–Crippen MR) is 70.1 cm³/mol. The zero-order valence-corrected chi connectivity index (χ0v) is 11.6. The van der Waals surface area contributed by atoms with Crippen LogP contribution in [0.3, 0.4) is 0 Å². The molecule has 19 heavy (non-hydrogen) atoms. The minimum absolute atomic E-state index is 0.250. The quantitative estimate of drug-likeness (QED) is 0.796. The van der Waals surface area contributed by atoms with Crippen molar-refractivity contribution >= 4 is 16.0 Å². The highest BCUT2D eigenvalue weighted by atomic mass is 32.2. The first-order valence-corrected chi connectivity index (χ1v) is 7.76. The molecule has 0 radical (unpaired) electrons. The van der Waals surface area contributed by atoms with Crippen molar-refractivity contribution in [3.8, 4) is 0 Å². The molecule has 0 unspecified atom stereocenters. The van der Waals surface area contributed by atoms with E-state index in [4.69, 9.17) is 9.59 Å². The Labute approximate surface area is 113 Å². The third kappa shape index (κ3) is 5.79. The fraction of sp³-hybridized carbons (Fsp3) is 0.462. The molecule has 6 heteroatoms. The predicted octanol–water partition coefficient (Wildman–Crippen LogP) is 0.642. The molecule has 0 atom stereocenters. The molecule has 0 N–H and O–H groups in total. The van der Waals surface area contributed by atoms with Gasteiger partial charge in [0, 0.05) is 19.6 Å². The lowest BCUT2D eigenvalue weighted by Crippen LogP contribution is -2.39. The number of sulfone groups is 1. The molecule has 1 fully saturated rings. The number of rotatable bonds is 2. The average molecular weight is 283 g/mol. The van der Waals surface area contributed by atoms with Gasteiger partial charge in [0.15, 0.2) is 9.84 Å². The van der Waals surface area contributed by atoms with Crippen LogP contribution in [0, 0.1) is 6.92 Å². The molecule has 1 heterocycles. The fourth-order valence-corrected chi connectivity index (χ4v) is 3.14. The van der Waals surface area contributed by atoms with Crippen LogP contribution in [0.4, 0.5) is 0 Å². The molecule has 5 nitrogen and oxygen atoms in total. The van der Waals surface area contributed by atoms with Gasteiger partial charge < -0.3 is 0 Å². The van der Waals surface area contributed by atoms with Gasteiger partial charge in [-0.25, -0.2) is 8.42 Å². The van der Waals surface area contributed by atoms with E-state index in [0.717, 1.165) is 6.54 Å². The Bertz CT molecular complexity index is 516. The number of hydrogen-bond acceptors (Lipinski definition) is 5. The molecule has 2 rings (SSSR count). The summed E-state index contributed by atoms with van der Waals surface area (Å²) in [4.78, 5) is 18.5. The molecule has 0 spiro atoms. The summed E-state index contributed by atoms with van der Waals surface area (Å²) in [5.74, 6) is 0.609. The van der Waals surface area contributed by atoms with Gasteiger partial charge in [0.25, 0.3) is 0 Å². The molecular formula is C13H17NO4S. The van der Waals surface area contributed by atoms with Crippen molar-refractivity contribution in [2.75, 3.05) is 24.6 Å². The maximum absolute atomic E-state index is 11.3. The Morgan fingerprint density at radius 1 is 1.11 bits per heavy atom. The Hall–Kier alpha value is -1.49. The largest absolute Gasteiger partial charge is 0.373 e. The van der Waals surface area contributed by atoms with E-state index in [9.17, 15) is 8.42 Å². The molecule has 0 saturated carbocycles. The molecule has 104 valence electrons. The molecule has 1 saturated heterocycles. The van der Waals surface area contributed by atoms with Crippen molar-refractivity contribution in [2.24, 2.45) is 0 Å². The minimum Gasteiger partial charge on any atom is -0.297 e. The lowest BCUT2D eigenvalue weighted by molar-refractivity contribution is -0.191. The van der Waals surface area contributed by atoms with Crippen LogP contribution in [0.5, 0.6) is 0 Å². The zero-order chi connectivity index (χ0) is 14.3. The van der Waals surface area contributed by atoms with Crippen LogP contribution < -0.4 is 0 Å². The lowest BCUT2D eigenvalue weighted by atomic mass is 10.1. The van der Waals surface area contributed by atoms with E-state index in [1.54, 1.807) is 0 Å². The van der Waals surface area contributed by atoms with Crippen molar-refractivity contribution in [1.29, 1.82) is 0 Å². The molecule has 1 aliphatic rings. The highest BCUT2D eigenvalue weighted by Gasteiger charge is 2.21. The lowest BCUT2D eigenvalue weighted by Gasteiger charge is -2.26. The summed E-state index contributed by atoms with van der Waals surface area (Å²) in [5.41, 5.74) is 2.51. The van der Waals surface area contributed by atoms with Crippen molar-refractivity contribution < 1.29 is 18.0 Å². The summed E-state index contributed by atoms with van der Waals surface area (Å²) in [5, 5.41) is 0. The standard InChI is InChI=1S/C12H17NO2S.CO2/c1-11-2-4-12(5-3-11)10-13-6-8-16(14,15)9-7-13;2-1-3/h2-5H,6-10H2,1H3;. The third-order valence-corrected chi connectivity index (χ3v) is 4.57. The normalized spacial score (nSPS) is 17.9. The second kappa shape index (κ2) is 7.19. The van der Waals surface area contributed by atoms with Crippen LogP contribution in [0.1, 0.15) is 11.1 Å². The second-order valence-corrected chi connectivity index (χ2v) is 6.80. The Kier molecular flexibility index (Phi) is 5.89. The average Bonchev–Trinajstić information content (AvgIpc) is 2.36. The molecule has 1 aromatic carbocycles. The van der Waals surface area contributed by atoms with Crippen molar-refractivity contribution in [2.45, 2.75) is 13.5 Å². The van der Waals surface area contributed by atoms with Crippen LogP contribution >= 0.6 is 0 Å². The van der Waals surface area contributed by atoms with E-state index in [1.807, 2.05) is 0 Å². The van der Waals surface area contributed by atoms with Crippen molar-refractivity contribution in [3.63, 3.8) is 0 Å². The van der Waals surface area contributed by atoms with Gasteiger partial charge in [-0.3, -0.25) is 4.90 Å². The van der Waals surface area contributed by atoms with Crippen LogP contribution in [-0.2, 0) is 26.0 Å². The van der Waals surface area contributed by atoms with Gasteiger partial charge in [-0.05, 0) is 12.5 Å². The highest BCUT2D eigenvalue weighted by Crippen LogP contribution is 2.10. The zero-order valence-electron chi connectivity index (χ0n) is 10.8. The maximum atomic E-state index is 11.3. The van der Waals surface area contributed by atoms with Crippen molar-refractivity contribution in [1.82, 2.24) is 4.90 Å². The molecule has 0 bridgehead atoms. The minimum atomic E-state index is -2.76. The first kappa shape index (κ1) is 15.6. The van der Waals surface area contributed by atoms with E-state index in [2.05, 4.69) is 36.1 Å². The molecule has 0 aliphatic carbocycles. The molecule has 0 amide bonds. The molecule has 1 aliphatic heterocycles. The van der Waals surface area contributed by atoms with Gasteiger partial charge in [0.05, 0.1) is 11.5 Å². The van der Waals surface area contributed by atoms with Gasteiger partial charge in [-0.2, -0.15) is 9.59 Å². The monoisotopic (exact) mass is 283 g/mol. The van der Waals surface area contributed by atoms with Crippen LogP contribution in [0.15, 0.2) is 24.3 Å². The summed E-state index contributed by atoms with van der Waals surface area (Å²) in [7, 11) is -2.76.